The zero-order valence-electron chi connectivity index (χ0n) is 12.7. The van der Waals surface area contributed by atoms with Crippen molar-refractivity contribution in [3.63, 3.8) is 0 Å². The molecule has 0 spiro atoms. The molecule has 2 nitrogen and oxygen atoms in total. The van der Waals surface area contributed by atoms with Crippen LogP contribution in [0, 0.1) is 0 Å². The Labute approximate surface area is 118 Å². The fourth-order valence-electron chi connectivity index (χ4n) is 2.14. The molecule has 0 heterocycles. The maximum atomic E-state index is 5.99. The minimum Gasteiger partial charge on any atom is -0.497 e. The summed E-state index contributed by atoms with van der Waals surface area (Å²) in [4.78, 5) is 0. The van der Waals surface area contributed by atoms with Crippen molar-refractivity contribution < 1.29 is 9.47 Å². The van der Waals surface area contributed by atoms with Crippen molar-refractivity contribution in [2.75, 3.05) is 7.11 Å². The Morgan fingerprint density at radius 2 is 1.74 bits per heavy atom. The van der Waals surface area contributed by atoms with Crippen LogP contribution in [-0.4, -0.2) is 13.2 Å². The molecule has 0 saturated carbocycles. The largest absolute Gasteiger partial charge is 0.497 e. The first kappa shape index (κ1) is 16.0. The third-order valence-electron chi connectivity index (χ3n) is 3.48. The Morgan fingerprint density at radius 3 is 2.32 bits per heavy atom. The van der Waals surface area contributed by atoms with Crippen molar-refractivity contribution in [2.45, 2.75) is 65.1 Å². The summed E-state index contributed by atoms with van der Waals surface area (Å²) in [5.41, 5.74) is 1.22. The van der Waals surface area contributed by atoms with E-state index in [1.807, 2.05) is 12.1 Å². The average molecular weight is 264 g/mol. The fraction of sp³-hybridized carbons (Fsp3) is 0.647. The normalized spacial score (nSPS) is 12.4. The highest BCUT2D eigenvalue weighted by molar-refractivity contribution is 5.26. The van der Waals surface area contributed by atoms with E-state index in [0.29, 0.717) is 12.7 Å². The molecule has 108 valence electrons. The molecule has 1 atom stereocenters. The fourth-order valence-corrected chi connectivity index (χ4v) is 2.14. The van der Waals surface area contributed by atoms with Gasteiger partial charge in [-0.1, -0.05) is 51.7 Å². The molecule has 0 N–H and O–H groups in total. The van der Waals surface area contributed by atoms with E-state index >= 15 is 0 Å². The van der Waals surface area contributed by atoms with Crippen LogP contribution in [0.15, 0.2) is 24.3 Å². The van der Waals surface area contributed by atoms with Gasteiger partial charge in [0.25, 0.3) is 0 Å². The lowest BCUT2D eigenvalue weighted by molar-refractivity contribution is 0.0309. The predicted octanol–water partition coefficient (Wildman–Crippen LogP) is 4.96. The zero-order valence-corrected chi connectivity index (χ0v) is 12.7. The van der Waals surface area contributed by atoms with Crippen LogP contribution < -0.4 is 4.74 Å². The van der Waals surface area contributed by atoms with Gasteiger partial charge in [0.05, 0.1) is 19.8 Å². The molecular formula is C17H28O2. The van der Waals surface area contributed by atoms with Crippen LogP contribution in [0.4, 0.5) is 0 Å². The van der Waals surface area contributed by atoms with Gasteiger partial charge < -0.3 is 9.47 Å². The monoisotopic (exact) mass is 264 g/mol. The molecule has 0 amide bonds. The molecule has 0 radical (unpaired) electrons. The van der Waals surface area contributed by atoms with Gasteiger partial charge in [-0.3, -0.25) is 0 Å². The summed E-state index contributed by atoms with van der Waals surface area (Å²) in [6.45, 7) is 5.16. The van der Waals surface area contributed by atoms with E-state index in [2.05, 4.69) is 26.0 Å². The summed E-state index contributed by atoms with van der Waals surface area (Å²) in [5, 5.41) is 0. The van der Waals surface area contributed by atoms with Crippen molar-refractivity contribution in [1.29, 1.82) is 0 Å². The smallest absolute Gasteiger partial charge is 0.118 e. The molecule has 0 bridgehead atoms. The van der Waals surface area contributed by atoms with Crippen LogP contribution in [0.1, 0.15) is 57.9 Å². The van der Waals surface area contributed by atoms with E-state index < -0.39 is 0 Å². The number of hydrogen-bond acceptors (Lipinski definition) is 2. The standard InChI is InChI=1S/C17H28O2/c1-4-6-7-8-9-16(5-2)19-14-15-10-12-17(18-3)13-11-15/h10-13,16H,4-9,14H2,1-3H3. The van der Waals surface area contributed by atoms with E-state index in [9.17, 15) is 0 Å². The van der Waals surface area contributed by atoms with Gasteiger partial charge in [-0.15, -0.1) is 0 Å². The van der Waals surface area contributed by atoms with Gasteiger partial charge in [0, 0.05) is 0 Å². The minimum absolute atomic E-state index is 0.402. The maximum absolute atomic E-state index is 5.99. The number of methoxy groups -OCH3 is 1. The van der Waals surface area contributed by atoms with Crippen LogP contribution >= 0.6 is 0 Å². The lowest BCUT2D eigenvalue weighted by Gasteiger charge is -2.16. The Balaban J connectivity index is 2.27. The van der Waals surface area contributed by atoms with E-state index in [1.165, 1.54) is 37.7 Å². The first-order chi connectivity index (χ1) is 9.30. The van der Waals surface area contributed by atoms with Gasteiger partial charge in [0.1, 0.15) is 5.75 Å². The molecule has 1 aromatic carbocycles. The maximum Gasteiger partial charge on any atom is 0.118 e. The van der Waals surface area contributed by atoms with Crippen molar-refractivity contribution in [3.05, 3.63) is 29.8 Å². The highest BCUT2D eigenvalue weighted by Crippen LogP contribution is 2.15. The van der Waals surface area contributed by atoms with Crippen molar-refractivity contribution in [1.82, 2.24) is 0 Å². The van der Waals surface area contributed by atoms with Gasteiger partial charge in [-0.05, 0) is 30.5 Å². The SMILES string of the molecule is CCCCCCC(CC)OCc1ccc(OC)cc1. The van der Waals surface area contributed by atoms with Crippen LogP contribution in [0.5, 0.6) is 5.75 Å². The molecule has 2 heteroatoms. The lowest BCUT2D eigenvalue weighted by Crippen LogP contribution is -2.11. The molecule has 1 unspecified atom stereocenters. The second kappa shape index (κ2) is 9.85. The van der Waals surface area contributed by atoms with Gasteiger partial charge in [0.15, 0.2) is 0 Å². The molecule has 1 rings (SSSR count). The Hall–Kier alpha value is -1.02. The van der Waals surface area contributed by atoms with E-state index in [-0.39, 0.29) is 0 Å². The highest BCUT2D eigenvalue weighted by atomic mass is 16.5. The molecule has 1 aromatic rings. The second-order valence-corrected chi connectivity index (χ2v) is 5.04. The summed E-state index contributed by atoms with van der Waals surface area (Å²) in [5.74, 6) is 0.898. The number of hydrogen-bond donors (Lipinski definition) is 0. The van der Waals surface area contributed by atoms with Gasteiger partial charge in [0.2, 0.25) is 0 Å². The van der Waals surface area contributed by atoms with Gasteiger partial charge in [-0.25, -0.2) is 0 Å². The van der Waals surface area contributed by atoms with Crippen molar-refractivity contribution in [3.8, 4) is 5.75 Å². The summed E-state index contributed by atoms with van der Waals surface area (Å²) < 4.78 is 11.1. The van der Waals surface area contributed by atoms with Crippen LogP contribution in [0.25, 0.3) is 0 Å². The van der Waals surface area contributed by atoms with Crippen molar-refractivity contribution >= 4 is 0 Å². The second-order valence-electron chi connectivity index (χ2n) is 5.04. The molecule has 0 saturated heterocycles. The summed E-state index contributed by atoms with van der Waals surface area (Å²) >= 11 is 0. The Bertz CT molecular complexity index is 319. The molecular weight excluding hydrogens is 236 g/mol. The number of ether oxygens (including phenoxy) is 2. The lowest BCUT2D eigenvalue weighted by atomic mass is 10.1. The molecule has 0 aliphatic rings. The van der Waals surface area contributed by atoms with Crippen LogP contribution in [0.2, 0.25) is 0 Å². The zero-order chi connectivity index (χ0) is 13.9. The van der Waals surface area contributed by atoms with Crippen molar-refractivity contribution in [2.24, 2.45) is 0 Å². The molecule has 0 aliphatic heterocycles. The van der Waals surface area contributed by atoms with Crippen LogP contribution in [0.3, 0.4) is 0 Å². The molecule has 0 aromatic heterocycles. The number of benzene rings is 1. The van der Waals surface area contributed by atoms with E-state index in [4.69, 9.17) is 9.47 Å². The van der Waals surface area contributed by atoms with Crippen LogP contribution in [-0.2, 0) is 11.3 Å². The first-order valence-corrected chi connectivity index (χ1v) is 7.54. The van der Waals surface area contributed by atoms with Gasteiger partial charge in [-0.2, -0.15) is 0 Å². The summed E-state index contributed by atoms with van der Waals surface area (Å²) in [6.07, 6.45) is 7.94. The Kier molecular flexibility index (Phi) is 8.31. The first-order valence-electron chi connectivity index (χ1n) is 7.54. The average Bonchev–Trinajstić information content (AvgIpc) is 2.47. The summed E-state index contributed by atoms with van der Waals surface area (Å²) in [6, 6.07) is 8.12. The topological polar surface area (TPSA) is 18.5 Å². The third-order valence-corrected chi connectivity index (χ3v) is 3.48. The number of rotatable bonds is 10. The highest BCUT2D eigenvalue weighted by Gasteiger charge is 2.06. The Morgan fingerprint density at radius 1 is 1.00 bits per heavy atom. The molecule has 0 aliphatic carbocycles. The molecule has 0 fully saturated rings. The van der Waals surface area contributed by atoms with E-state index in [0.717, 1.165) is 12.2 Å². The predicted molar refractivity (Wildman–Crippen MR) is 80.6 cm³/mol. The quantitative estimate of drug-likeness (QED) is 0.556. The number of unbranched alkanes of at least 4 members (excludes halogenated alkanes) is 3. The summed E-state index contributed by atoms with van der Waals surface area (Å²) in [7, 11) is 1.69. The molecule has 19 heavy (non-hydrogen) atoms. The minimum atomic E-state index is 0.402. The van der Waals surface area contributed by atoms with E-state index in [1.54, 1.807) is 7.11 Å². The van der Waals surface area contributed by atoms with Gasteiger partial charge >= 0.3 is 0 Å². The third kappa shape index (κ3) is 6.63.